The fourth-order valence-electron chi connectivity index (χ4n) is 4.14. The van der Waals surface area contributed by atoms with Crippen LogP contribution in [-0.4, -0.2) is 43.2 Å². The van der Waals surface area contributed by atoms with Gasteiger partial charge in [0.15, 0.2) is 0 Å². The highest BCUT2D eigenvalue weighted by Gasteiger charge is 2.51. The van der Waals surface area contributed by atoms with Crippen LogP contribution in [0, 0.1) is 6.92 Å². The van der Waals surface area contributed by atoms with Gasteiger partial charge in [0.25, 0.3) is 0 Å². The number of carbonyl (C=O) groups is 2. The normalized spacial score (nSPS) is 19.1. The average Bonchev–Trinajstić information content (AvgIpc) is 2.84. The predicted molar refractivity (Wildman–Crippen MR) is 131 cm³/mol. The summed E-state index contributed by atoms with van der Waals surface area (Å²) < 4.78 is 27.8. The van der Waals surface area contributed by atoms with Crippen molar-refractivity contribution in [3.05, 3.63) is 96.1 Å². The summed E-state index contributed by atoms with van der Waals surface area (Å²) in [6.45, 7) is 3.27. The monoisotopic (exact) mass is 477 g/mol. The molecular weight excluding hydrogens is 450 g/mol. The molecule has 0 aromatic heterocycles. The number of amides is 2. The van der Waals surface area contributed by atoms with E-state index in [0.29, 0.717) is 5.69 Å². The summed E-state index contributed by atoms with van der Waals surface area (Å²) in [6.07, 6.45) is 0. The zero-order chi connectivity index (χ0) is 24.3. The lowest BCUT2D eigenvalue weighted by atomic mass is 9.94. The Kier molecular flexibility index (Phi) is 6.54. The van der Waals surface area contributed by atoms with Crippen LogP contribution in [-0.2, 0) is 26.2 Å². The first-order valence-corrected chi connectivity index (χ1v) is 12.4. The second kappa shape index (κ2) is 9.40. The number of sulfonamides is 1. The summed E-state index contributed by atoms with van der Waals surface area (Å²) in [5.74, 6) is -0.898. The Labute approximate surface area is 200 Å². The van der Waals surface area contributed by atoms with E-state index >= 15 is 0 Å². The number of rotatable bonds is 6. The van der Waals surface area contributed by atoms with Crippen LogP contribution in [0.15, 0.2) is 89.8 Å². The van der Waals surface area contributed by atoms with Crippen LogP contribution in [0.1, 0.15) is 18.1 Å². The van der Waals surface area contributed by atoms with Gasteiger partial charge in [-0.25, -0.2) is 8.42 Å². The SMILES string of the molecule is Cc1ccc(N2C(=O)CN(S(=O)(=O)c3ccccc3)CC2(C)C(=O)NCc2ccccc2)cc1. The van der Waals surface area contributed by atoms with Crippen LogP contribution in [0.3, 0.4) is 0 Å². The number of benzene rings is 3. The molecule has 1 fully saturated rings. The third kappa shape index (κ3) is 4.60. The molecule has 0 aliphatic carbocycles. The lowest BCUT2D eigenvalue weighted by Gasteiger charge is -2.46. The van der Waals surface area contributed by atoms with Gasteiger partial charge in [-0.3, -0.25) is 14.5 Å². The van der Waals surface area contributed by atoms with Gasteiger partial charge in [0, 0.05) is 18.8 Å². The van der Waals surface area contributed by atoms with Crippen molar-refractivity contribution < 1.29 is 18.0 Å². The van der Waals surface area contributed by atoms with E-state index in [4.69, 9.17) is 0 Å². The first-order chi connectivity index (χ1) is 16.2. The maximum atomic E-state index is 13.6. The van der Waals surface area contributed by atoms with Gasteiger partial charge in [0.2, 0.25) is 21.8 Å². The van der Waals surface area contributed by atoms with Crippen molar-refractivity contribution in [1.82, 2.24) is 9.62 Å². The zero-order valence-electron chi connectivity index (χ0n) is 19.1. The van der Waals surface area contributed by atoms with Crippen LogP contribution < -0.4 is 10.2 Å². The molecule has 1 saturated heterocycles. The highest BCUT2D eigenvalue weighted by Crippen LogP contribution is 2.32. The number of nitrogens with zero attached hydrogens (tertiary/aromatic N) is 2. The third-order valence-corrected chi connectivity index (χ3v) is 7.80. The predicted octanol–water partition coefficient (Wildman–Crippen LogP) is 3.11. The fraction of sp³-hybridized carbons (Fsp3) is 0.231. The molecule has 1 unspecified atom stereocenters. The number of aryl methyl sites for hydroxylation is 1. The second-order valence-corrected chi connectivity index (χ2v) is 10.5. The van der Waals surface area contributed by atoms with Gasteiger partial charge in [-0.1, -0.05) is 66.2 Å². The van der Waals surface area contributed by atoms with Crippen molar-refractivity contribution in [2.45, 2.75) is 30.8 Å². The molecule has 0 radical (unpaired) electrons. The Morgan fingerprint density at radius 3 is 2.15 bits per heavy atom. The number of hydrogen-bond acceptors (Lipinski definition) is 4. The smallest absolute Gasteiger partial charge is 0.247 e. The number of hydrogen-bond donors (Lipinski definition) is 1. The molecule has 0 bridgehead atoms. The van der Waals surface area contributed by atoms with Crippen molar-refractivity contribution in [3.8, 4) is 0 Å². The number of carbonyl (C=O) groups excluding carboxylic acids is 2. The van der Waals surface area contributed by atoms with Gasteiger partial charge in [0.05, 0.1) is 11.4 Å². The lowest BCUT2D eigenvalue weighted by Crippen LogP contribution is -2.70. The average molecular weight is 478 g/mol. The highest BCUT2D eigenvalue weighted by molar-refractivity contribution is 7.89. The van der Waals surface area contributed by atoms with Gasteiger partial charge in [-0.15, -0.1) is 0 Å². The summed E-state index contributed by atoms with van der Waals surface area (Å²) >= 11 is 0. The van der Waals surface area contributed by atoms with Crippen LogP contribution in [0.25, 0.3) is 0 Å². The molecule has 3 aromatic carbocycles. The van der Waals surface area contributed by atoms with E-state index in [1.807, 2.05) is 49.4 Å². The first kappa shape index (κ1) is 23.7. The molecule has 1 aliphatic heterocycles. The van der Waals surface area contributed by atoms with E-state index in [0.717, 1.165) is 15.4 Å². The van der Waals surface area contributed by atoms with Gasteiger partial charge >= 0.3 is 0 Å². The van der Waals surface area contributed by atoms with Crippen LogP contribution >= 0.6 is 0 Å². The first-order valence-electron chi connectivity index (χ1n) is 11.0. The Hall–Kier alpha value is -3.49. The van der Waals surface area contributed by atoms with Gasteiger partial charge in [-0.2, -0.15) is 4.31 Å². The molecule has 7 nitrogen and oxygen atoms in total. The minimum absolute atomic E-state index is 0.0821. The van der Waals surface area contributed by atoms with Crippen LogP contribution in [0.2, 0.25) is 0 Å². The van der Waals surface area contributed by atoms with Crippen molar-refractivity contribution in [2.24, 2.45) is 0 Å². The molecule has 0 saturated carbocycles. The molecule has 8 heteroatoms. The minimum Gasteiger partial charge on any atom is -0.350 e. The fourth-order valence-corrected chi connectivity index (χ4v) is 5.64. The molecule has 1 heterocycles. The zero-order valence-corrected chi connectivity index (χ0v) is 20.0. The summed E-state index contributed by atoms with van der Waals surface area (Å²) in [4.78, 5) is 28.5. The lowest BCUT2D eigenvalue weighted by molar-refractivity contribution is -0.133. The van der Waals surface area contributed by atoms with Crippen molar-refractivity contribution in [1.29, 1.82) is 0 Å². The van der Waals surface area contributed by atoms with E-state index in [9.17, 15) is 18.0 Å². The minimum atomic E-state index is -3.97. The molecule has 4 rings (SSSR count). The molecular formula is C26H27N3O4S. The van der Waals surface area contributed by atoms with Gasteiger partial charge < -0.3 is 5.32 Å². The topological polar surface area (TPSA) is 86.8 Å². The molecule has 34 heavy (non-hydrogen) atoms. The molecule has 0 spiro atoms. The standard InChI is InChI=1S/C26H27N3O4S/c1-20-13-15-22(16-14-20)29-24(30)18-28(34(32,33)23-11-7-4-8-12-23)19-26(29,2)25(31)27-17-21-9-5-3-6-10-21/h3-16H,17-19H2,1-2H3,(H,27,31). The van der Waals surface area contributed by atoms with Crippen LogP contribution in [0.5, 0.6) is 0 Å². The van der Waals surface area contributed by atoms with E-state index in [1.54, 1.807) is 37.3 Å². The van der Waals surface area contributed by atoms with E-state index in [-0.39, 0.29) is 24.5 Å². The van der Waals surface area contributed by atoms with Gasteiger partial charge in [-0.05, 0) is 43.7 Å². The highest BCUT2D eigenvalue weighted by atomic mass is 32.2. The molecule has 1 atom stereocenters. The summed E-state index contributed by atoms with van der Waals surface area (Å²) in [6, 6.07) is 24.6. The van der Waals surface area contributed by atoms with Crippen molar-refractivity contribution in [2.75, 3.05) is 18.0 Å². The molecule has 1 N–H and O–H groups in total. The third-order valence-electron chi connectivity index (χ3n) is 6.00. The van der Waals surface area contributed by atoms with Crippen molar-refractivity contribution >= 4 is 27.5 Å². The Balaban J connectivity index is 1.70. The summed E-state index contributed by atoms with van der Waals surface area (Å²) in [5, 5.41) is 2.90. The number of anilines is 1. The number of piperazine rings is 1. The van der Waals surface area contributed by atoms with E-state index in [2.05, 4.69) is 5.32 Å². The molecule has 2 amide bonds. The summed E-state index contributed by atoms with van der Waals surface area (Å²) in [5.41, 5.74) is 1.000. The van der Waals surface area contributed by atoms with E-state index in [1.165, 1.54) is 17.0 Å². The Morgan fingerprint density at radius 2 is 1.53 bits per heavy atom. The maximum Gasteiger partial charge on any atom is 0.247 e. The molecule has 1 aliphatic rings. The second-order valence-electron chi connectivity index (χ2n) is 8.59. The Bertz CT molecular complexity index is 1280. The van der Waals surface area contributed by atoms with Crippen molar-refractivity contribution in [3.63, 3.8) is 0 Å². The summed E-state index contributed by atoms with van der Waals surface area (Å²) in [7, 11) is -3.97. The van der Waals surface area contributed by atoms with Crippen LogP contribution in [0.4, 0.5) is 5.69 Å². The quantitative estimate of drug-likeness (QED) is 0.591. The molecule has 176 valence electrons. The Morgan fingerprint density at radius 1 is 0.941 bits per heavy atom. The van der Waals surface area contributed by atoms with Gasteiger partial charge in [0.1, 0.15) is 5.54 Å². The number of nitrogens with one attached hydrogen (secondary N) is 1. The largest absolute Gasteiger partial charge is 0.350 e. The van der Waals surface area contributed by atoms with E-state index < -0.39 is 27.4 Å². The maximum absolute atomic E-state index is 13.6. The molecule has 3 aromatic rings.